The molecule has 1 aliphatic heterocycles. The molecule has 0 aliphatic carbocycles. The molecular weight excluding hydrogens is 264 g/mol. The van der Waals surface area contributed by atoms with E-state index in [4.69, 9.17) is 5.26 Å². The fourth-order valence-electron chi connectivity index (χ4n) is 2.19. The maximum Gasteiger partial charge on any atom is 0.234 e. The van der Waals surface area contributed by atoms with Gasteiger partial charge < -0.3 is 10.6 Å². The summed E-state index contributed by atoms with van der Waals surface area (Å²) in [6.45, 7) is 12.2. The van der Waals surface area contributed by atoms with Crippen molar-refractivity contribution in [2.24, 2.45) is 5.41 Å². The molecule has 0 aromatic carbocycles. The van der Waals surface area contributed by atoms with Crippen LogP contribution in [0.25, 0.3) is 0 Å². The van der Waals surface area contributed by atoms with Crippen LogP contribution in [-0.2, 0) is 6.54 Å². The molecule has 0 amide bonds. The molecule has 21 heavy (non-hydrogen) atoms. The smallest absolute Gasteiger partial charge is 0.234 e. The molecule has 2 rings (SSSR count). The van der Waals surface area contributed by atoms with Gasteiger partial charge >= 0.3 is 0 Å². The summed E-state index contributed by atoms with van der Waals surface area (Å²) in [6.07, 6.45) is 1.78. The Morgan fingerprint density at radius 1 is 1.38 bits per heavy atom. The summed E-state index contributed by atoms with van der Waals surface area (Å²) < 4.78 is 0. The highest BCUT2D eigenvalue weighted by Crippen LogP contribution is 2.18. The molecule has 1 saturated heterocycles. The predicted octanol–water partition coefficient (Wildman–Crippen LogP) is 1.21. The summed E-state index contributed by atoms with van der Waals surface area (Å²) in [5, 5.41) is 15.7. The average Bonchev–Trinajstić information content (AvgIpc) is 2.46. The van der Waals surface area contributed by atoms with Crippen molar-refractivity contribution in [1.29, 1.82) is 5.26 Å². The van der Waals surface area contributed by atoms with Gasteiger partial charge in [-0.05, 0) is 5.41 Å². The van der Waals surface area contributed by atoms with E-state index in [0.717, 1.165) is 50.6 Å². The lowest BCUT2D eigenvalue weighted by molar-refractivity contribution is 0.233. The Labute approximate surface area is 126 Å². The monoisotopic (exact) mass is 288 g/mol. The van der Waals surface area contributed by atoms with Crippen molar-refractivity contribution >= 4 is 5.82 Å². The van der Waals surface area contributed by atoms with Crippen LogP contribution in [0.5, 0.6) is 0 Å². The third kappa shape index (κ3) is 4.96. The first-order valence-electron chi connectivity index (χ1n) is 7.41. The minimum atomic E-state index is 0.157. The molecule has 0 saturated carbocycles. The molecule has 1 aromatic heterocycles. The van der Waals surface area contributed by atoms with Gasteiger partial charge in [0, 0.05) is 51.0 Å². The second-order valence-electron chi connectivity index (χ2n) is 6.62. The standard InChI is InChI=1S/C15H24N6/c1-15(2,3)11-19-14-12(9-18-13(8-16)20-14)10-21-6-4-17-5-7-21/h9,17H,4-7,10-11H2,1-3H3,(H,18,19,20). The Morgan fingerprint density at radius 2 is 2.10 bits per heavy atom. The normalized spacial score (nSPS) is 16.5. The molecule has 1 aromatic rings. The predicted molar refractivity (Wildman–Crippen MR) is 82.8 cm³/mol. The molecular formula is C15H24N6. The van der Waals surface area contributed by atoms with Crippen molar-refractivity contribution in [3.8, 4) is 6.07 Å². The zero-order valence-corrected chi connectivity index (χ0v) is 13.1. The Bertz CT molecular complexity index is 508. The number of nitrogens with zero attached hydrogens (tertiary/aromatic N) is 4. The largest absolute Gasteiger partial charge is 0.369 e. The Hall–Kier alpha value is -1.71. The van der Waals surface area contributed by atoms with Crippen molar-refractivity contribution in [2.45, 2.75) is 27.3 Å². The van der Waals surface area contributed by atoms with Crippen LogP contribution in [-0.4, -0.2) is 47.6 Å². The summed E-state index contributed by atoms with van der Waals surface area (Å²) in [4.78, 5) is 10.8. The van der Waals surface area contributed by atoms with E-state index in [-0.39, 0.29) is 11.2 Å². The van der Waals surface area contributed by atoms with Gasteiger partial charge in [0.05, 0.1) is 0 Å². The van der Waals surface area contributed by atoms with Crippen molar-refractivity contribution in [3.05, 3.63) is 17.6 Å². The van der Waals surface area contributed by atoms with Gasteiger partial charge in [-0.3, -0.25) is 4.90 Å². The van der Waals surface area contributed by atoms with Crippen LogP contribution in [0.4, 0.5) is 5.82 Å². The molecule has 2 N–H and O–H groups in total. The summed E-state index contributed by atoms with van der Waals surface area (Å²) in [6, 6.07) is 2.01. The summed E-state index contributed by atoms with van der Waals surface area (Å²) >= 11 is 0. The minimum Gasteiger partial charge on any atom is -0.369 e. The fraction of sp³-hybridized carbons (Fsp3) is 0.667. The zero-order chi connectivity index (χ0) is 15.3. The highest BCUT2D eigenvalue weighted by Gasteiger charge is 2.16. The van der Waals surface area contributed by atoms with Gasteiger partial charge in [0.15, 0.2) is 0 Å². The first-order chi connectivity index (χ1) is 9.98. The number of rotatable bonds is 4. The van der Waals surface area contributed by atoms with E-state index < -0.39 is 0 Å². The first-order valence-corrected chi connectivity index (χ1v) is 7.41. The fourth-order valence-corrected chi connectivity index (χ4v) is 2.19. The molecule has 0 radical (unpaired) electrons. The lowest BCUT2D eigenvalue weighted by Crippen LogP contribution is -2.43. The van der Waals surface area contributed by atoms with E-state index in [9.17, 15) is 0 Å². The molecule has 0 spiro atoms. The van der Waals surface area contributed by atoms with Gasteiger partial charge in [0.1, 0.15) is 11.9 Å². The molecule has 2 heterocycles. The van der Waals surface area contributed by atoms with Crippen molar-refractivity contribution in [1.82, 2.24) is 20.2 Å². The number of hydrogen-bond donors (Lipinski definition) is 2. The zero-order valence-electron chi connectivity index (χ0n) is 13.1. The number of hydrogen-bond acceptors (Lipinski definition) is 6. The van der Waals surface area contributed by atoms with Crippen LogP contribution in [0.2, 0.25) is 0 Å². The van der Waals surface area contributed by atoms with Crippen LogP contribution in [0.15, 0.2) is 6.20 Å². The molecule has 0 unspecified atom stereocenters. The second kappa shape index (κ2) is 6.83. The first kappa shape index (κ1) is 15.7. The molecule has 0 atom stereocenters. The maximum atomic E-state index is 8.98. The lowest BCUT2D eigenvalue weighted by Gasteiger charge is -2.28. The van der Waals surface area contributed by atoms with Gasteiger partial charge in [-0.15, -0.1) is 0 Å². The number of piperazine rings is 1. The summed E-state index contributed by atoms with van der Waals surface area (Å²) in [5.74, 6) is 1.01. The number of nitriles is 1. The molecule has 6 nitrogen and oxygen atoms in total. The van der Waals surface area contributed by atoms with E-state index in [2.05, 4.69) is 46.3 Å². The molecule has 114 valence electrons. The summed E-state index contributed by atoms with van der Waals surface area (Å²) in [7, 11) is 0. The average molecular weight is 288 g/mol. The van der Waals surface area contributed by atoms with Crippen molar-refractivity contribution in [3.63, 3.8) is 0 Å². The van der Waals surface area contributed by atoms with Crippen LogP contribution in [0.3, 0.4) is 0 Å². The van der Waals surface area contributed by atoms with Gasteiger partial charge in [-0.1, -0.05) is 20.8 Å². The van der Waals surface area contributed by atoms with Gasteiger partial charge in [0.25, 0.3) is 0 Å². The lowest BCUT2D eigenvalue weighted by atomic mass is 9.97. The number of aromatic nitrogens is 2. The van der Waals surface area contributed by atoms with E-state index in [1.54, 1.807) is 6.20 Å². The highest BCUT2D eigenvalue weighted by molar-refractivity contribution is 5.44. The van der Waals surface area contributed by atoms with E-state index in [1.807, 2.05) is 6.07 Å². The van der Waals surface area contributed by atoms with E-state index >= 15 is 0 Å². The van der Waals surface area contributed by atoms with Crippen LogP contribution in [0, 0.1) is 16.7 Å². The topological polar surface area (TPSA) is 76.9 Å². The quantitative estimate of drug-likeness (QED) is 0.867. The third-order valence-corrected chi connectivity index (χ3v) is 3.35. The summed E-state index contributed by atoms with van der Waals surface area (Å²) in [5.41, 5.74) is 1.21. The Balaban J connectivity index is 2.12. The molecule has 0 bridgehead atoms. The van der Waals surface area contributed by atoms with Crippen molar-refractivity contribution < 1.29 is 0 Å². The SMILES string of the molecule is CC(C)(C)CNc1nc(C#N)ncc1CN1CCNCC1. The minimum absolute atomic E-state index is 0.157. The molecule has 1 aliphatic rings. The Morgan fingerprint density at radius 3 is 2.71 bits per heavy atom. The van der Waals surface area contributed by atoms with E-state index in [0.29, 0.717) is 0 Å². The van der Waals surface area contributed by atoms with Crippen LogP contribution < -0.4 is 10.6 Å². The van der Waals surface area contributed by atoms with Crippen molar-refractivity contribution in [2.75, 3.05) is 38.0 Å². The second-order valence-corrected chi connectivity index (χ2v) is 6.62. The van der Waals surface area contributed by atoms with Crippen LogP contribution in [0.1, 0.15) is 32.2 Å². The molecule has 1 fully saturated rings. The van der Waals surface area contributed by atoms with Gasteiger partial charge in [0.2, 0.25) is 5.82 Å². The number of anilines is 1. The van der Waals surface area contributed by atoms with E-state index in [1.165, 1.54) is 0 Å². The third-order valence-electron chi connectivity index (χ3n) is 3.35. The Kier molecular flexibility index (Phi) is 5.10. The van der Waals surface area contributed by atoms with Crippen LogP contribution >= 0.6 is 0 Å². The maximum absolute atomic E-state index is 8.98. The highest BCUT2D eigenvalue weighted by atomic mass is 15.2. The molecule has 6 heteroatoms. The number of nitrogens with one attached hydrogen (secondary N) is 2. The van der Waals surface area contributed by atoms with Gasteiger partial charge in [-0.25, -0.2) is 9.97 Å². The van der Waals surface area contributed by atoms with Gasteiger partial charge in [-0.2, -0.15) is 5.26 Å².